The van der Waals surface area contributed by atoms with Crippen molar-refractivity contribution in [3.05, 3.63) is 41.0 Å². The molecule has 8 heteroatoms. The summed E-state index contributed by atoms with van der Waals surface area (Å²) < 4.78 is 16.0. The molecule has 1 aromatic heterocycles. The molecule has 2 aliphatic rings. The van der Waals surface area contributed by atoms with Crippen molar-refractivity contribution in [1.29, 1.82) is 0 Å². The molecule has 0 spiro atoms. The van der Waals surface area contributed by atoms with Gasteiger partial charge >= 0.3 is 6.03 Å². The second-order valence-electron chi connectivity index (χ2n) is 7.03. The van der Waals surface area contributed by atoms with Crippen molar-refractivity contribution in [3.63, 3.8) is 0 Å². The zero-order valence-electron chi connectivity index (χ0n) is 15.6. The lowest BCUT2D eigenvalue weighted by Crippen LogP contribution is -2.58. The van der Waals surface area contributed by atoms with Crippen LogP contribution in [-0.4, -0.2) is 47.4 Å². The van der Waals surface area contributed by atoms with Crippen LogP contribution in [0.1, 0.15) is 41.7 Å². The first kappa shape index (κ1) is 17.8. The first-order valence-corrected chi connectivity index (χ1v) is 9.25. The minimum Gasteiger partial charge on any atom is -0.497 e. The van der Waals surface area contributed by atoms with Gasteiger partial charge in [-0.1, -0.05) is 11.2 Å². The molecular formula is C19H24N4O4. The maximum Gasteiger partial charge on any atom is 0.318 e. The number of carbonyl (C=O) groups is 1. The van der Waals surface area contributed by atoms with E-state index in [0.29, 0.717) is 24.8 Å². The predicted octanol–water partition coefficient (Wildman–Crippen LogP) is 2.37. The van der Waals surface area contributed by atoms with Crippen molar-refractivity contribution in [2.75, 3.05) is 20.2 Å². The second-order valence-corrected chi connectivity index (χ2v) is 7.03. The first-order chi connectivity index (χ1) is 13.1. The summed E-state index contributed by atoms with van der Waals surface area (Å²) in [6, 6.07) is 6.09. The fourth-order valence-electron chi connectivity index (χ4n) is 3.61. The lowest BCUT2D eigenvalue weighted by Gasteiger charge is -2.39. The largest absolute Gasteiger partial charge is 0.497 e. The molecule has 1 fully saturated rings. The normalized spacial score (nSPS) is 19.3. The smallest absolute Gasteiger partial charge is 0.318 e. The van der Waals surface area contributed by atoms with E-state index in [4.69, 9.17) is 14.0 Å². The topological polar surface area (TPSA) is 89.7 Å². The van der Waals surface area contributed by atoms with Gasteiger partial charge in [0.15, 0.2) is 5.82 Å². The number of benzene rings is 1. The number of aryl methyl sites for hydroxylation is 2. The maximum absolute atomic E-state index is 12.5. The van der Waals surface area contributed by atoms with E-state index in [1.807, 2.05) is 6.07 Å². The van der Waals surface area contributed by atoms with Gasteiger partial charge in [-0.05, 0) is 49.4 Å². The highest BCUT2D eigenvalue weighted by molar-refractivity contribution is 5.76. The first-order valence-electron chi connectivity index (χ1n) is 9.25. The van der Waals surface area contributed by atoms with Crippen LogP contribution < -0.4 is 10.1 Å². The number of likely N-dealkylation sites (tertiary alicyclic amines) is 1. The number of nitrogens with zero attached hydrogens (tertiary/aromatic N) is 3. The van der Waals surface area contributed by atoms with Gasteiger partial charge in [0.2, 0.25) is 0 Å². The lowest BCUT2D eigenvalue weighted by atomic mass is 9.87. The fourth-order valence-corrected chi connectivity index (χ4v) is 3.61. The predicted molar refractivity (Wildman–Crippen MR) is 96.4 cm³/mol. The van der Waals surface area contributed by atoms with E-state index in [1.165, 1.54) is 11.1 Å². The Kier molecular flexibility index (Phi) is 4.98. The van der Waals surface area contributed by atoms with Crippen LogP contribution in [0.4, 0.5) is 4.79 Å². The van der Waals surface area contributed by atoms with Crippen molar-refractivity contribution < 1.29 is 18.8 Å². The standard InChI is InChI=1S/C19H24N4O4/c1-12-20-18(27-22-12)11-26-15-9-23(10-15)19(24)21-17-5-3-4-13-8-14(25-2)6-7-16(13)17/h6-8,15,17H,3-5,9-11H2,1-2H3,(H,21,24). The number of rotatable bonds is 5. The number of ether oxygens (including phenoxy) is 2. The Morgan fingerprint density at radius 3 is 3.00 bits per heavy atom. The van der Waals surface area contributed by atoms with Gasteiger partial charge in [0, 0.05) is 0 Å². The van der Waals surface area contributed by atoms with Gasteiger partial charge in [0.25, 0.3) is 5.89 Å². The summed E-state index contributed by atoms with van der Waals surface area (Å²) in [6.07, 6.45) is 3.04. The molecule has 1 unspecified atom stereocenters. The number of urea groups is 1. The van der Waals surface area contributed by atoms with Crippen LogP contribution in [0.3, 0.4) is 0 Å². The van der Waals surface area contributed by atoms with Crippen LogP contribution in [0, 0.1) is 6.92 Å². The number of aromatic nitrogens is 2. The Balaban J connectivity index is 1.27. The van der Waals surface area contributed by atoms with E-state index in [2.05, 4.69) is 27.6 Å². The van der Waals surface area contributed by atoms with Gasteiger partial charge in [0.1, 0.15) is 12.4 Å². The minimum atomic E-state index is -0.0443. The van der Waals surface area contributed by atoms with Gasteiger partial charge in [-0.3, -0.25) is 0 Å². The molecule has 27 heavy (non-hydrogen) atoms. The molecule has 0 radical (unpaired) electrons. The van der Waals surface area contributed by atoms with Crippen molar-refractivity contribution in [2.45, 2.75) is 44.9 Å². The zero-order valence-corrected chi connectivity index (χ0v) is 15.6. The summed E-state index contributed by atoms with van der Waals surface area (Å²) in [4.78, 5) is 18.4. The summed E-state index contributed by atoms with van der Waals surface area (Å²) in [6.45, 7) is 3.18. The molecule has 1 saturated heterocycles. The van der Waals surface area contributed by atoms with Crippen LogP contribution in [-0.2, 0) is 17.8 Å². The van der Waals surface area contributed by atoms with Crippen molar-refractivity contribution in [3.8, 4) is 5.75 Å². The summed E-state index contributed by atoms with van der Waals surface area (Å²) >= 11 is 0. The Morgan fingerprint density at radius 1 is 1.41 bits per heavy atom. The third kappa shape index (κ3) is 3.90. The highest BCUT2D eigenvalue weighted by atomic mass is 16.5. The maximum atomic E-state index is 12.5. The Morgan fingerprint density at radius 2 is 2.26 bits per heavy atom. The number of amides is 2. The molecule has 4 rings (SSSR count). The lowest BCUT2D eigenvalue weighted by molar-refractivity contribution is -0.0519. The molecule has 144 valence electrons. The SMILES string of the molecule is COc1ccc2c(c1)CCCC2NC(=O)N1CC(OCc2nc(C)no2)C1. The zero-order chi connectivity index (χ0) is 18.8. The van der Waals surface area contributed by atoms with Crippen molar-refractivity contribution in [2.24, 2.45) is 0 Å². The average molecular weight is 372 g/mol. The molecule has 1 atom stereocenters. The van der Waals surface area contributed by atoms with Crippen LogP contribution in [0.5, 0.6) is 5.75 Å². The quantitative estimate of drug-likeness (QED) is 0.867. The summed E-state index contributed by atoms with van der Waals surface area (Å²) in [5.41, 5.74) is 2.45. The van der Waals surface area contributed by atoms with E-state index in [0.717, 1.165) is 25.0 Å². The molecule has 1 N–H and O–H groups in total. The Labute approximate surface area is 157 Å². The van der Waals surface area contributed by atoms with Gasteiger partial charge in [0.05, 0.1) is 32.3 Å². The van der Waals surface area contributed by atoms with Gasteiger partial charge < -0.3 is 24.2 Å². The molecule has 2 heterocycles. The second kappa shape index (κ2) is 7.56. The van der Waals surface area contributed by atoms with E-state index in [-0.39, 0.29) is 24.8 Å². The average Bonchev–Trinajstić information content (AvgIpc) is 3.05. The molecular weight excluding hydrogens is 348 g/mol. The van der Waals surface area contributed by atoms with E-state index in [1.54, 1.807) is 18.9 Å². The van der Waals surface area contributed by atoms with Crippen molar-refractivity contribution in [1.82, 2.24) is 20.4 Å². The molecule has 1 aromatic carbocycles. The Hall–Kier alpha value is -2.61. The minimum absolute atomic E-state index is 0.00543. The molecule has 1 aliphatic carbocycles. The highest BCUT2D eigenvalue weighted by Crippen LogP contribution is 2.32. The number of hydrogen-bond acceptors (Lipinski definition) is 6. The van der Waals surface area contributed by atoms with Gasteiger partial charge in [-0.25, -0.2) is 4.79 Å². The number of nitrogens with one attached hydrogen (secondary N) is 1. The van der Waals surface area contributed by atoms with Crippen LogP contribution >= 0.6 is 0 Å². The molecule has 2 aromatic rings. The van der Waals surface area contributed by atoms with Gasteiger partial charge in [-0.2, -0.15) is 4.98 Å². The molecule has 0 saturated carbocycles. The fraction of sp³-hybridized carbons (Fsp3) is 0.526. The summed E-state index contributed by atoms with van der Waals surface area (Å²) in [5, 5.41) is 6.89. The Bertz CT molecular complexity index is 816. The third-order valence-corrected chi connectivity index (χ3v) is 5.11. The number of carbonyl (C=O) groups excluding carboxylic acids is 1. The molecule has 8 nitrogen and oxygen atoms in total. The summed E-state index contributed by atoms with van der Waals surface area (Å²) in [5.74, 6) is 1.91. The van der Waals surface area contributed by atoms with Crippen molar-refractivity contribution >= 4 is 6.03 Å². The van der Waals surface area contributed by atoms with E-state index >= 15 is 0 Å². The van der Waals surface area contributed by atoms with Crippen LogP contribution in [0.15, 0.2) is 22.7 Å². The number of fused-ring (bicyclic) bond motifs is 1. The number of methoxy groups -OCH3 is 1. The number of hydrogen-bond donors (Lipinski definition) is 1. The van der Waals surface area contributed by atoms with E-state index < -0.39 is 0 Å². The van der Waals surface area contributed by atoms with Crippen LogP contribution in [0.2, 0.25) is 0 Å². The monoisotopic (exact) mass is 372 g/mol. The molecule has 0 bridgehead atoms. The third-order valence-electron chi connectivity index (χ3n) is 5.11. The van der Waals surface area contributed by atoms with Gasteiger partial charge in [-0.15, -0.1) is 0 Å². The highest BCUT2D eigenvalue weighted by Gasteiger charge is 2.33. The summed E-state index contributed by atoms with van der Waals surface area (Å²) in [7, 11) is 1.67. The van der Waals surface area contributed by atoms with E-state index in [9.17, 15) is 4.79 Å². The molecule has 1 aliphatic heterocycles. The van der Waals surface area contributed by atoms with Crippen LogP contribution in [0.25, 0.3) is 0 Å². The molecule has 2 amide bonds.